The summed E-state index contributed by atoms with van der Waals surface area (Å²) in [4.78, 5) is 214. The minimum atomic E-state index is -1.25. The lowest BCUT2D eigenvalue weighted by Gasteiger charge is -2.32. The Morgan fingerprint density at radius 3 is 0.989 bits per heavy atom. The maximum atomic E-state index is 13.8. The molecule has 31 nitrogen and oxygen atoms in total. The molecule has 0 radical (unpaired) electrons. The molecule has 4 aromatic carbocycles. The fourth-order valence-corrected chi connectivity index (χ4v) is 10.8. The lowest BCUT2D eigenvalue weighted by molar-refractivity contribution is -0.142. The van der Waals surface area contributed by atoms with Gasteiger partial charge in [-0.3, -0.25) is 91.5 Å². The van der Waals surface area contributed by atoms with Crippen molar-refractivity contribution in [2.75, 3.05) is 78.5 Å². The van der Waals surface area contributed by atoms with Gasteiger partial charge in [0.15, 0.2) is 0 Å². The summed E-state index contributed by atoms with van der Waals surface area (Å²) in [5.74, 6) is -12.5. The number of nitrogens with zero attached hydrogens (tertiary/aromatic N) is 4. The van der Waals surface area contributed by atoms with Crippen LogP contribution in [0.3, 0.4) is 0 Å². The van der Waals surface area contributed by atoms with Crippen LogP contribution >= 0.6 is 0 Å². The molecular weight excluding hydrogens is 1160 g/mol. The standard InChI is InChI=1S/C58H64N14O17/c59-17-3-1-5-37(67-39(73)15-21-69-50(80)29-7-11-33-47-34(12-8-30(45(29)47)51(69)81)55(85)71(54(33)84)23-19-62-41(75)25-61)49(79)66-28-44(78)65-27-43(77)64-26-42(76)63-20-24-72-56(86)35-13-9-31-46-32(10-14-36(48(35)46)57(72)87)53(83)70(52(31)82)22-16-40(74)68-38(58(88)89)6-2-4-18-60/h7-14,37-38H,1-6,15-28,59-61H2,(H,62,75)(H,63,76)(H,64,77)(H,65,78)(H,66,79)(H,67,73)(H,68,74)(H,88,89)/t37-,38-/m0/s1. The highest BCUT2D eigenvalue weighted by atomic mass is 16.4. The summed E-state index contributed by atoms with van der Waals surface area (Å²) in [6.45, 7) is -3.21. The SMILES string of the molecule is NCCCC[C@H](NC(=O)CCN1C(=O)c2ccc3c4c(ccc(c24)C1=O)C(=O)N(CCNC(=O)CNC(=O)CNC(=O)CNC(=O)[C@H](CCCCN)NC(=O)CCN1C(=O)c2ccc4c5c(ccc(c25)C1=O)C(=O)N(CCNC(=O)CN)C4=O)C3=O)C(=O)O. The van der Waals surface area contributed by atoms with Gasteiger partial charge in [-0.25, -0.2) is 4.79 Å². The van der Waals surface area contributed by atoms with E-state index >= 15 is 0 Å². The number of hydrogen-bond donors (Lipinski definition) is 11. The predicted octanol–water partition coefficient (Wildman–Crippen LogP) is -3.29. The summed E-state index contributed by atoms with van der Waals surface area (Å²) in [7, 11) is 0. The maximum absolute atomic E-state index is 13.8. The Labute approximate surface area is 505 Å². The average Bonchev–Trinajstić information content (AvgIpc) is 0.787. The Morgan fingerprint density at radius 1 is 0.371 bits per heavy atom. The molecule has 0 aromatic heterocycles. The molecular formula is C58H64N14O17. The number of benzene rings is 4. The average molecular weight is 1230 g/mol. The highest BCUT2D eigenvalue weighted by molar-refractivity contribution is 6.35. The fourth-order valence-electron chi connectivity index (χ4n) is 10.8. The van der Waals surface area contributed by atoms with E-state index in [1.807, 2.05) is 0 Å². The third kappa shape index (κ3) is 13.9. The molecule has 0 aliphatic carbocycles. The second-order valence-electron chi connectivity index (χ2n) is 21.0. The summed E-state index contributed by atoms with van der Waals surface area (Å²) >= 11 is 0. The minimum Gasteiger partial charge on any atom is -0.480 e. The molecule has 0 fully saturated rings. The zero-order chi connectivity index (χ0) is 64.4. The Hall–Kier alpha value is -10.4. The van der Waals surface area contributed by atoms with E-state index in [-0.39, 0.29) is 118 Å². The second kappa shape index (κ2) is 28.4. The van der Waals surface area contributed by atoms with Crippen LogP contribution < -0.4 is 54.4 Å². The van der Waals surface area contributed by atoms with Crippen molar-refractivity contribution in [3.63, 3.8) is 0 Å². The van der Waals surface area contributed by atoms with Crippen LogP contribution in [0.4, 0.5) is 0 Å². The third-order valence-electron chi connectivity index (χ3n) is 15.2. The van der Waals surface area contributed by atoms with E-state index in [0.717, 1.165) is 19.6 Å². The number of unbranched alkanes of at least 4 members (excludes halogenated alkanes) is 2. The third-order valence-corrected chi connectivity index (χ3v) is 15.2. The van der Waals surface area contributed by atoms with Gasteiger partial charge in [-0.05, 0) is 100 Å². The summed E-state index contributed by atoms with van der Waals surface area (Å²) < 4.78 is 0. The number of hydrogen-bond acceptors (Lipinski definition) is 19. The molecule has 4 aliphatic heterocycles. The van der Waals surface area contributed by atoms with Crippen molar-refractivity contribution in [2.24, 2.45) is 17.2 Å². The van der Waals surface area contributed by atoms with Gasteiger partial charge in [0.05, 0.1) is 26.2 Å². The van der Waals surface area contributed by atoms with Crippen LogP contribution in [0.1, 0.15) is 134 Å². The van der Waals surface area contributed by atoms with Crippen LogP contribution in [-0.4, -0.2) is 210 Å². The number of imide groups is 4. The molecule has 14 N–H and O–H groups in total. The summed E-state index contributed by atoms with van der Waals surface area (Å²) in [5.41, 5.74) is 16.6. The molecule has 0 bridgehead atoms. The molecule has 89 heavy (non-hydrogen) atoms. The molecule has 31 heteroatoms. The van der Waals surface area contributed by atoms with E-state index in [1.54, 1.807) is 0 Å². The normalized spacial score (nSPS) is 14.6. The van der Waals surface area contributed by atoms with Crippen molar-refractivity contribution >= 4 is 116 Å². The lowest BCUT2D eigenvalue weighted by Crippen LogP contribution is -2.50. The highest BCUT2D eigenvalue weighted by Crippen LogP contribution is 2.39. The molecule has 15 amide bonds. The van der Waals surface area contributed by atoms with Gasteiger partial charge in [0.2, 0.25) is 41.4 Å². The van der Waals surface area contributed by atoms with E-state index < -0.39 is 152 Å². The van der Waals surface area contributed by atoms with E-state index in [0.29, 0.717) is 32.2 Å². The van der Waals surface area contributed by atoms with Gasteiger partial charge in [0.1, 0.15) is 12.1 Å². The number of carboxylic acids is 1. The number of nitrogens with one attached hydrogen (secondary N) is 7. The molecule has 0 spiro atoms. The van der Waals surface area contributed by atoms with Gasteiger partial charge in [-0.15, -0.1) is 0 Å². The first kappa shape index (κ1) is 64.6. The number of carbonyl (C=O) groups excluding carboxylic acids is 15. The van der Waals surface area contributed by atoms with Gasteiger partial charge in [-0.1, -0.05) is 0 Å². The van der Waals surface area contributed by atoms with Crippen molar-refractivity contribution in [1.29, 1.82) is 0 Å². The molecule has 0 saturated carbocycles. The van der Waals surface area contributed by atoms with Gasteiger partial charge in [0.25, 0.3) is 47.3 Å². The number of rotatable bonds is 31. The number of carboxylic acid groups (broad SMARTS) is 1. The van der Waals surface area contributed by atoms with Crippen molar-refractivity contribution in [2.45, 2.75) is 63.5 Å². The van der Waals surface area contributed by atoms with Crippen LogP contribution in [0.25, 0.3) is 21.5 Å². The van der Waals surface area contributed by atoms with E-state index in [9.17, 15) is 81.8 Å². The molecule has 4 aromatic rings. The number of amides is 15. The molecule has 4 heterocycles. The quantitative estimate of drug-likeness (QED) is 0.0174. The molecule has 0 unspecified atom stereocenters. The topological polar surface area (TPSA) is 469 Å². The van der Waals surface area contributed by atoms with Gasteiger partial charge >= 0.3 is 5.97 Å². The predicted molar refractivity (Wildman–Crippen MR) is 310 cm³/mol. The van der Waals surface area contributed by atoms with Crippen LogP contribution in [0, 0.1) is 0 Å². The minimum absolute atomic E-state index is 0.00414. The van der Waals surface area contributed by atoms with E-state index in [1.165, 1.54) is 48.5 Å². The van der Waals surface area contributed by atoms with E-state index in [2.05, 4.69) is 37.2 Å². The summed E-state index contributed by atoms with van der Waals surface area (Å²) in [6, 6.07) is 8.29. The van der Waals surface area contributed by atoms with Gasteiger partial charge < -0.3 is 59.5 Å². The lowest BCUT2D eigenvalue weighted by atomic mass is 9.86. The molecule has 4 aliphatic rings. The highest BCUT2D eigenvalue weighted by Gasteiger charge is 2.42. The summed E-state index contributed by atoms with van der Waals surface area (Å²) in [6.07, 6.45) is 1.19. The number of aliphatic carboxylic acids is 1. The number of carbonyl (C=O) groups is 16. The smallest absolute Gasteiger partial charge is 0.326 e. The number of nitrogens with two attached hydrogens (primary N) is 3. The second-order valence-corrected chi connectivity index (χ2v) is 21.0. The van der Waals surface area contributed by atoms with Crippen molar-refractivity contribution in [3.8, 4) is 0 Å². The maximum Gasteiger partial charge on any atom is 0.326 e. The Morgan fingerprint density at radius 2 is 0.663 bits per heavy atom. The van der Waals surface area contributed by atoms with E-state index in [4.69, 9.17) is 17.2 Å². The molecule has 468 valence electrons. The molecule has 0 saturated heterocycles. The first-order valence-electron chi connectivity index (χ1n) is 28.5. The zero-order valence-electron chi connectivity index (χ0n) is 47.9. The molecule has 2 atom stereocenters. The van der Waals surface area contributed by atoms with Gasteiger partial charge in [-0.2, -0.15) is 0 Å². The van der Waals surface area contributed by atoms with Crippen molar-refractivity contribution < 1.29 is 81.8 Å². The Balaban J connectivity index is 0.762. The van der Waals surface area contributed by atoms with Gasteiger partial charge in [0, 0.05) is 118 Å². The van der Waals surface area contributed by atoms with Crippen molar-refractivity contribution in [1.82, 2.24) is 56.8 Å². The van der Waals surface area contributed by atoms with Crippen molar-refractivity contribution in [3.05, 3.63) is 93.0 Å². The van der Waals surface area contributed by atoms with Crippen LogP contribution in [0.15, 0.2) is 48.5 Å². The Bertz CT molecular complexity index is 3560. The largest absolute Gasteiger partial charge is 0.480 e. The first-order chi connectivity index (χ1) is 42.6. The summed E-state index contributed by atoms with van der Waals surface area (Å²) in [5, 5.41) is 26.8. The first-order valence-corrected chi connectivity index (χ1v) is 28.5. The Kier molecular flexibility index (Phi) is 20.6. The van der Waals surface area contributed by atoms with Crippen LogP contribution in [0.5, 0.6) is 0 Å². The molecule has 8 rings (SSSR count). The fraction of sp³-hybridized carbons (Fsp3) is 0.379. The van der Waals surface area contributed by atoms with Crippen LogP contribution in [-0.2, 0) is 38.4 Å². The van der Waals surface area contributed by atoms with Crippen LogP contribution in [0.2, 0.25) is 0 Å². The monoisotopic (exact) mass is 1230 g/mol. The zero-order valence-corrected chi connectivity index (χ0v) is 47.9.